The predicted molar refractivity (Wildman–Crippen MR) is 102 cm³/mol. The van der Waals surface area contributed by atoms with Crippen molar-refractivity contribution in [3.05, 3.63) is 69.3 Å². The van der Waals surface area contributed by atoms with Crippen LogP contribution in [0, 0.1) is 6.92 Å². The molecule has 2 saturated heterocycles. The van der Waals surface area contributed by atoms with E-state index in [4.69, 9.17) is 4.42 Å². The first kappa shape index (κ1) is 18.0. The van der Waals surface area contributed by atoms with E-state index in [0.717, 1.165) is 19.3 Å². The first-order valence-corrected chi connectivity index (χ1v) is 9.71. The maximum Gasteiger partial charge on any atom is 0.349 e. The third kappa shape index (κ3) is 3.56. The smallest absolute Gasteiger partial charge is 0.349 e. The van der Waals surface area contributed by atoms with E-state index in [1.54, 1.807) is 6.92 Å². The Kier molecular flexibility index (Phi) is 4.87. The lowest BCUT2D eigenvalue weighted by atomic mass is 9.98. The predicted octanol–water partition coefficient (Wildman–Crippen LogP) is 2.86. The number of nitrogens with zero attached hydrogens (tertiary/aromatic N) is 1. The van der Waals surface area contributed by atoms with E-state index in [1.807, 2.05) is 41.3 Å². The molecule has 0 aliphatic carbocycles. The molecule has 1 aromatic heterocycles. The van der Waals surface area contributed by atoms with E-state index < -0.39 is 5.63 Å². The maximum atomic E-state index is 13.1. The fraction of sp³-hybridized carbons (Fsp3) is 0.455. The molecule has 2 fully saturated rings. The summed E-state index contributed by atoms with van der Waals surface area (Å²) in [4.78, 5) is 27.5. The zero-order valence-electron chi connectivity index (χ0n) is 15.6. The normalized spacial score (nSPS) is 24.2. The lowest BCUT2D eigenvalue weighted by molar-refractivity contribution is 0.0283. The second-order valence-electron chi connectivity index (χ2n) is 7.77. The standard InChI is InChI=1S/C22H25NO4/c1-14-11-19(10-7-15-5-3-2-4-6-15)27-22(26)20(14)21(25)23-16-8-9-17(23)13-18(24)12-16/h2-6,11,16-18,24H,7-10,12-13H2,1H3/t16-,17+,18?. The van der Waals surface area contributed by atoms with Crippen LogP contribution in [-0.2, 0) is 12.8 Å². The van der Waals surface area contributed by atoms with Crippen molar-refractivity contribution in [2.24, 2.45) is 0 Å². The number of piperidine rings is 1. The zero-order valence-corrected chi connectivity index (χ0v) is 15.6. The van der Waals surface area contributed by atoms with Gasteiger partial charge < -0.3 is 14.4 Å². The molecule has 2 aliphatic heterocycles. The molecule has 1 unspecified atom stereocenters. The summed E-state index contributed by atoms with van der Waals surface area (Å²) in [5.74, 6) is 0.366. The SMILES string of the molecule is Cc1cc(CCc2ccccc2)oc(=O)c1C(=O)N1[C@@H]2CC[C@H]1CC(O)C2. The first-order valence-electron chi connectivity index (χ1n) is 9.71. The molecule has 1 N–H and O–H groups in total. The van der Waals surface area contributed by atoms with Gasteiger partial charge in [-0.1, -0.05) is 30.3 Å². The second kappa shape index (κ2) is 7.31. The third-order valence-electron chi connectivity index (χ3n) is 5.86. The van der Waals surface area contributed by atoms with E-state index in [9.17, 15) is 14.7 Å². The third-order valence-corrected chi connectivity index (χ3v) is 5.86. The van der Waals surface area contributed by atoms with Gasteiger partial charge in [-0.3, -0.25) is 4.79 Å². The number of rotatable bonds is 4. The first-order chi connectivity index (χ1) is 13.0. The van der Waals surface area contributed by atoms with E-state index in [0.29, 0.717) is 30.6 Å². The highest BCUT2D eigenvalue weighted by Gasteiger charge is 2.44. The molecule has 0 spiro atoms. The van der Waals surface area contributed by atoms with Crippen molar-refractivity contribution in [1.29, 1.82) is 0 Å². The molecule has 3 heterocycles. The van der Waals surface area contributed by atoms with Gasteiger partial charge in [0, 0.05) is 18.5 Å². The summed E-state index contributed by atoms with van der Waals surface area (Å²) in [5, 5.41) is 9.94. The molecule has 142 valence electrons. The molecule has 1 aromatic carbocycles. The average Bonchev–Trinajstić information content (AvgIpc) is 2.91. The molecule has 27 heavy (non-hydrogen) atoms. The van der Waals surface area contributed by atoms with Crippen molar-refractivity contribution < 1.29 is 14.3 Å². The molecule has 0 radical (unpaired) electrons. The number of carbonyl (C=O) groups is 1. The molecule has 4 rings (SSSR count). The monoisotopic (exact) mass is 367 g/mol. The lowest BCUT2D eigenvalue weighted by Crippen LogP contribution is -2.49. The highest BCUT2D eigenvalue weighted by atomic mass is 16.4. The Morgan fingerprint density at radius 1 is 1.15 bits per heavy atom. The topological polar surface area (TPSA) is 70.8 Å². The summed E-state index contributed by atoms with van der Waals surface area (Å²) in [5.41, 5.74) is 1.45. The molecule has 3 atom stereocenters. The molecule has 5 heteroatoms. The van der Waals surface area contributed by atoms with Crippen LogP contribution in [0.4, 0.5) is 0 Å². The number of aryl methyl sites for hydroxylation is 3. The van der Waals surface area contributed by atoms with E-state index >= 15 is 0 Å². The molecule has 2 bridgehead atoms. The summed E-state index contributed by atoms with van der Waals surface area (Å²) < 4.78 is 5.48. The Labute approximate surface area is 158 Å². The molecular formula is C22H25NO4. The minimum Gasteiger partial charge on any atom is -0.427 e. The number of hydrogen-bond acceptors (Lipinski definition) is 4. The summed E-state index contributed by atoms with van der Waals surface area (Å²) in [7, 11) is 0. The summed E-state index contributed by atoms with van der Waals surface area (Å²) >= 11 is 0. The van der Waals surface area contributed by atoms with Crippen LogP contribution in [0.15, 0.2) is 45.6 Å². The van der Waals surface area contributed by atoms with Gasteiger partial charge >= 0.3 is 5.63 Å². The highest BCUT2D eigenvalue weighted by molar-refractivity contribution is 5.95. The van der Waals surface area contributed by atoms with Crippen LogP contribution in [0.2, 0.25) is 0 Å². The lowest BCUT2D eigenvalue weighted by Gasteiger charge is -2.37. The number of aliphatic hydroxyl groups is 1. The Balaban J connectivity index is 1.54. The van der Waals surface area contributed by atoms with Gasteiger partial charge in [0.2, 0.25) is 0 Å². The van der Waals surface area contributed by atoms with Crippen LogP contribution in [-0.4, -0.2) is 34.1 Å². The number of carbonyl (C=O) groups excluding carboxylic acids is 1. The largest absolute Gasteiger partial charge is 0.427 e. The minimum atomic E-state index is -0.548. The Morgan fingerprint density at radius 3 is 2.44 bits per heavy atom. The van der Waals surface area contributed by atoms with Crippen LogP contribution >= 0.6 is 0 Å². The van der Waals surface area contributed by atoms with Crippen molar-refractivity contribution >= 4 is 5.91 Å². The van der Waals surface area contributed by atoms with E-state index in [1.165, 1.54) is 5.56 Å². The molecule has 2 aromatic rings. The average molecular weight is 367 g/mol. The van der Waals surface area contributed by atoms with Crippen molar-refractivity contribution in [2.75, 3.05) is 0 Å². The van der Waals surface area contributed by atoms with Gasteiger partial charge in [0.05, 0.1) is 6.10 Å². The Bertz CT molecular complexity index is 875. The fourth-order valence-electron chi connectivity index (χ4n) is 4.57. The molecular weight excluding hydrogens is 342 g/mol. The summed E-state index contributed by atoms with van der Waals surface area (Å²) in [6.45, 7) is 1.80. The zero-order chi connectivity index (χ0) is 19.0. The maximum absolute atomic E-state index is 13.1. The van der Waals surface area contributed by atoms with Crippen LogP contribution in [0.25, 0.3) is 0 Å². The van der Waals surface area contributed by atoms with Gasteiger partial charge in [0.1, 0.15) is 11.3 Å². The molecule has 5 nitrogen and oxygen atoms in total. The number of benzene rings is 1. The number of amides is 1. The van der Waals surface area contributed by atoms with Gasteiger partial charge in [0.15, 0.2) is 0 Å². The Morgan fingerprint density at radius 2 is 1.81 bits per heavy atom. The Hall–Kier alpha value is -2.40. The molecule has 2 aliphatic rings. The van der Waals surface area contributed by atoms with Crippen LogP contribution in [0.5, 0.6) is 0 Å². The highest BCUT2D eigenvalue weighted by Crippen LogP contribution is 2.36. The number of fused-ring (bicyclic) bond motifs is 2. The second-order valence-corrected chi connectivity index (χ2v) is 7.77. The van der Waals surface area contributed by atoms with Crippen molar-refractivity contribution in [2.45, 2.75) is 63.6 Å². The summed E-state index contributed by atoms with van der Waals surface area (Å²) in [6, 6.07) is 11.9. The van der Waals surface area contributed by atoms with Gasteiger partial charge in [-0.15, -0.1) is 0 Å². The summed E-state index contributed by atoms with van der Waals surface area (Å²) in [6.07, 6.45) is 4.05. The van der Waals surface area contributed by atoms with Crippen LogP contribution in [0.3, 0.4) is 0 Å². The number of hydrogen-bond donors (Lipinski definition) is 1. The van der Waals surface area contributed by atoms with Gasteiger partial charge in [-0.25, -0.2) is 4.79 Å². The van der Waals surface area contributed by atoms with Gasteiger partial charge in [0.25, 0.3) is 5.91 Å². The van der Waals surface area contributed by atoms with E-state index in [-0.39, 0.29) is 29.7 Å². The molecule has 0 saturated carbocycles. The van der Waals surface area contributed by atoms with Gasteiger partial charge in [-0.05, 0) is 56.2 Å². The van der Waals surface area contributed by atoms with Gasteiger partial charge in [-0.2, -0.15) is 0 Å². The fourth-order valence-corrected chi connectivity index (χ4v) is 4.57. The minimum absolute atomic E-state index is 0.0304. The quantitative estimate of drug-likeness (QED) is 0.902. The van der Waals surface area contributed by atoms with Crippen LogP contribution in [0.1, 0.15) is 52.9 Å². The van der Waals surface area contributed by atoms with Crippen molar-refractivity contribution in [1.82, 2.24) is 4.90 Å². The van der Waals surface area contributed by atoms with Crippen molar-refractivity contribution in [3.63, 3.8) is 0 Å². The van der Waals surface area contributed by atoms with Crippen molar-refractivity contribution in [3.8, 4) is 0 Å². The van der Waals surface area contributed by atoms with Crippen LogP contribution < -0.4 is 5.63 Å². The number of aliphatic hydroxyl groups excluding tert-OH is 1. The van der Waals surface area contributed by atoms with E-state index in [2.05, 4.69) is 0 Å². The molecule has 1 amide bonds.